The van der Waals surface area contributed by atoms with Crippen molar-refractivity contribution in [1.82, 2.24) is 10.2 Å². The largest absolute Gasteiger partial charge is 0.406 e. The molecule has 0 aromatic carbocycles. The second-order valence-corrected chi connectivity index (χ2v) is 4.98. The highest BCUT2D eigenvalue weighted by Crippen LogP contribution is 2.49. The van der Waals surface area contributed by atoms with E-state index in [-0.39, 0.29) is 18.9 Å². The van der Waals surface area contributed by atoms with Gasteiger partial charge >= 0.3 is 6.18 Å². The normalized spacial score (nSPS) is 25.5. The standard InChI is InChI=1S/C12H17F3N2/c1-2-7-17-8-3-10(4-9-17)16-11(5-6-11)12(13,14)15/h1,10,16H,3-9H2. The van der Waals surface area contributed by atoms with Crippen LogP contribution in [-0.4, -0.2) is 42.3 Å². The van der Waals surface area contributed by atoms with Gasteiger partial charge in [0.15, 0.2) is 0 Å². The summed E-state index contributed by atoms with van der Waals surface area (Å²) in [5.74, 6) is 2.56. The van der Waals surface area contributed by atoms with Crippen LogP contribution in [0, 0.1) is 12.3 Å². The van der Waals surface area contributed by atoms with E-state index in [1.807, 2.05) is 0 Å². The quantitative estimate of drug-likeness (QED) is 0.763. The minimum absolute atomic E-state index is 0.0202. The topological polar surface area (TPSA) is 15.3 Å². The lowest BCUT2D eigenvalue weighted by atomic mass is 10.0. The van der Waals surface area contributed by atoms with Gasteiger partial charge in [-0.3, -0.25) is 4.90 Å². The van der Waals surface area contributed by atoms with E-state index in [0.29, 0.717) is 6.54 Å². The van der Waals surface area contributed by atoms with Crippen LogP contribution >= 0.6 is 0 Å². The highest BCUT2D eigenvalue weighted by Gasteiger charge is 2.63. The van der Waals surface area contributed by atoms with Crippen molar-refractivity contribution in [3.05, 3.63) is 0 Å². The first kappa shape index (κ1) is 12.7. The van der Waals surface area contributed by atoms with Crippen molar-refractivity contribution in [2.75, 3.05) is 19.6 Å². The van der Waals surface area contributed by atoms with Crippen LogP contribution in [0.5, 0.6) is 0 Å². The molecule has 0 spiro atoms. The third kappa shape index (κ3) is 2.75. The maximum absolute atomic E-state index is 12.7. The number of nitrogens with zero attached hydrogens (tertiary/aromatic N) is 1. The van der Waals surface area contributed by atoms with Crippen LogP contribution in [-0.2, 0) is 0 Å². The number of halogens is 3. The van der Waals surface area contributed by atoms with E-state index in [1.165, 1.54) is 0 Å². The molecule has 0 aromatic rings. The van der Waals surface area contributed by atoms with Gasteiger partial charge in [0.2, 0.25) is 0 Å². The Morgan fingerprint density at radius 3 is 2.29 bits per heavy atom. The third-order valence-electron chi connectivity index (χ3n) is 3.68. The maximum Gasteiger partial charge on any atom is 0.406 e. The fourth-order valence-corrected chi connectivity index (χ4v) is 2.39. The number of piperidine rings is 1. The minimum Gasteiger partial charge on any atom is -0.301 e. The van der Waals surface area contributed by atoms with Gasteiger partial charge in [0, 0.05) is 19.1 Å². The summed E-state index contributed by atoms with van der Waals surface area (Å²) in [5.41, 5.74) is -1.58. The SMILES string of the molecule is C#CCN1CCC(NC2(C(F)(F)F)CC2)CC1. The van der Waals surface area contributed by atoms with Crippen LogP contribution in [0.2, 0.25) is 0 Å². The van der Waals surface area contributed by atoms with E-state index in [0.717, 1.165) is 25.9 Å². The maximum atomic E-state index is 12.7. The molecular weight excluding hydrogens is 229 g/mol. The lowest BCUT2D eigenvalue weighted by Crippen LogP contribution is -2.53. The summed E-state index contributed by atoms with van der Waals surface area (Å²) in [6, 6.07) is -0.0202. The van der Waals surface area contributed by atoms with Crippen molar-refractivity contribution in [1.29, 1.82) is 0 Å². The Balaban J connectivity index is 1.81. The lowest BCUT2D eigenvalue weighted by molar-refractivity contribution is -0.168. The Bertz CT molecular complexity index is 307. The minimum atomic E-state index is -4.11. The average molecular weight is 246 g/mol. The van der Waals surface area contributed by atoms with Gasteiger partial charge in [-0.2, -0.15) is 13.2 Å². The molecule has 2 fully saturated rings. The number of hydrogen-bond acceptors (Lipinski definition) is 2. The fourth-order valence-electron chi connectivity index (χ4n) is 2.39. The molecule has 1 N–H and O–H groups in total. The van der Waals surface area contributed by atoms with Gasteiger partial charge in [-0.05, 0) is 25.7 Å². The summed E-state index contributed by atoms with van der Waals surface area (Å²) in [6.45, 7) is 2.17. The van der Waals surface area contributed by atoms with Crippen LogP contribution in [0.3, 0.4) is 0 Å². The van der Waals surface area contributed by atoms with Crippen molar-refractivity contribution < 1.29 is 13.2 Å². The van der Waals surface area contributed by atoms with E-state index in [2.05, 4.69) is 16.1 Å². The number of rotatable bonds is 3. The van der Waals surface area contributed by atoms with Gasteiger partial charge in [0.25, 0.3) is 0 Å². The Hall–Kier alpha value is -0.730. The second kappa shape index (κ2) is 4.51. The smallest absolute Gasteiger partial charge is 0.301 e. The van der Waals surface area contributed by atoms with Crippen LogP contribution in [0.25, 0.3) is 0 Å². The molecule has 0 radical (unpaired) electrons. The lowest BCUT2D eigenvalue weighted by Gasteiger charge is -2.34. The number of nitrogens with one attached hydrogen (secondary N) is 1. The van der Waals surface area contributed by atoms with E-state index < -0.39 is 11.7 Å². The average Bonchev–Trinajstić information content (AvgIpc) is 3.02. The van der Waals surface area contributed by atoms with Crippen molar-refractivity contribution in [2.24, 2.45) is 0 Å². The molecule has 17 heavy (non-hydrogen) atoms. The Kier molecular flexibility index (Phi) is 3.37. The molecule has 1 saturated carbocycles. The number of hydrogen-bond donors (Lipinski definition) is 1. The summed E-state index contributed by atoms with van der Waals surface area (Å²) in [6.07, 6.45) is 3.04. The van der Waals surface area contributed by atoms with E-state index in [9.17, 15) is 13.2 Å². The van der Waals surface area contributed by atoms with Gasteiger partial charge < -0.3 is 5.32 Å². The van der Waals surface area contributed by atoms with Gasteiger partial charge in [-0.25, -0.2) is 0 Å². The summed E-state index contributed by atoms with van der Waals surface area (Å²) in [7, 11) is 0. The zero-order valence-electron chi connectivity index (χ0n) is 9.69. The molecule has 0 unspecified atom stereocenters. The number of terminal acetylenes is 1. The molecule has 0 bridgehead atoms. The van der Waals surface area contributed by atoms with E-state index in [1.54, 1.807) is 0 Å². The Morgan fingerprint density at radius 1 is 1.29 bits per heavy atom. The zero-order valence-corrected chi connectivity index (χ0v) is 9.69. The summed E-state index contributed by atoms with van der Waals surface area (Å²) in [4.78, 5) is 2.10. The molecule has 1 saturated heterocycles. The number of alkyl halides is 3. The zero-order chi connectivity index (χ0) is 12.5. The second-order valence-electron chi connectivity index (χ2n) is 4.98. The molecule has 1 aliphatic carbocycles. The van der Waals surface area contributed by atoms with E-state index in [4.69, 9.17) is 6.42 Å². The van der Waals surface area contributed by atoms with Crippen molar-refractivity contribution in [3.63, 3.8) is 0 Å². The number of likely N-dealkylation sites (tertiary alicyclic amines) is 1. The summed E-state index contributed by atoms with van der Waals surface area (Å²) < 4.78 is 38.2. The van der Waals surface area contributed by atoms with Crippen LogP contribution in [0.15, 0.2) is 0 Å². The van der Waals surface area contributed by atoms with Gasteiger partial charge in [-0.1, -0.05) is 5.92 Å². The molecule has 0 atom stereocenters. The van der Waals surface area contributed by atoms with E-state index >= 15 is 0 Å². The van der Waals surface area contributed by atoms with Gasteiger partial charge in [0.05, 0.1) is 6.54 Å². The summed E-state index contributed by atoms with van der Waals surface area (Å²) in [5, 5.41) is 2.81. The molecule has 5 heteroatoms. The predicted molar refractivity (Wildman–Crippen MR) is 59.5 cm³/mol. The first-order valence-corrected chi connectivity index (χ1v) is 5.97. The van der Waals surface area contributed by atoms with Crippen molar-refractivity contribution in [3.8, 4) is 12.3 Å². The van der Waals surface area contributed by atoms with Crippen LogP contribution < -0.4 is 5.32 Å². The molecule has 2 nitrogen and oxygen atoms in total. The third-order valence-corrected chi connectivity index (χ3v) is 3.68. The van der Waals surface area contributed by atoms with Crippen molar-refractivity contribution >= 4 is 0 Å². The molecule has 2 aliphatic rings. The molecular formula is C12H17F3N2. The summed E-state index contributed by atoms with van der Waals surface area (Å²) >= 11 is 0. The van der Waals surface area contributed by atoms with Crippen molar-refractivity contribution in [2.45, 2.75) is 43.4 Å². The van der Waals surface area contributed by atoms with Crippen LogP contribution in [0.4, 0.5) is 13.2 Å². The first-order valence-electron chi connectivity index (χ1n) is 5.97. The highest BCUT2D eigenvalue weighted by atomic mass is 19.4. The molecule has 0 amide bonds. The molecule has 1 aliphatic heterocycles. The highest BCUT2D eigenvalue weighted by molar-refractivity contribution is 5.09. The Morgan fingerprint density at radius 2 is 1.88 bits per heavy atom. The Labute approximate surface area is 99.5 Å². The molecule has 96 valence electrons. The van der Waals surface area contributed by atoms with Crippen LogP contribution in [0.1, 0.15) is 25.7 Å². The molecule has 2 rings (SSSR count). The first-order chi connectivity index (χ1) is 7.97. The van der Waals surface area contributed by atoms with Gasteiger partial charge in [0.1, 0.15) is 5.54 Å². The predicted octanol–water partition coefficient (Wildman–Crippen LogP) is 1.77. The molecule has 1 heterocycles. The monoisotopic (exact) mass is 246 g/mol. The fraction of sp³-hybridized carbons (Fsp3) is 0.833. The molecule has 0 aromatic heterocycles. The van der Waals surface area contributed by atoms with Gasteiger partial charge in [-0.15, -0.1) is 6.42 Å².